The van der Waals surface area contributed by atoms with Gasteiger partial charge in [-0.3, -0.25) is 9.69 Å². The molecule has 1 aliphatic rings. The number of benzene rings is 1. The summed E-state index contributed by atoms with van der Waals surface area (Å²) < 4.78 is 13.8. The van der Waals surface area contributed by atoms with E-state index in [1.807, 2.05) is 0 Å². The van der Waals surface area contributed by atoms with Crippen molar-refractivity contribution in [3.05, 3.63) is 46.0 Å². The molecule has 0 radical (unpaired) electrons. The number of hydrogen-bond acceptors (Lipinski definition) is 4. The summed E-state index contributed by atoms with van der Waals surface area (Å²) in [4.78, 5) is 17.1. The fraction of sp³-hybridized carbons (Fsp3) is 0.438. The predicted molar refractivity (Wildman–Crippen MR) is 81.0 cm³/mol. The Morgan fingerprint density at radius 2 is 1.91 bits per heavy atom. The zero-order valence-electron chi connectivity index (χ0n) is 12.1. The van der Waals surface area contributed by atoms with E-state index in [1.54, 1.807) is 6.07 Å². The van der Waals surface area contributed by atoms with E-state index in [0.29, 0.717) is 30.7 Å². The van der Waals surface area contributed by atoms with Crippen molar-refractivity contribution >= 4 is 10.9 Å². The average molecular weight is 306 g/mol. The summed E-state index contributed by atoms with van der Waals surface area (Å²) in [6, 6.07) is 5.93. The van der Waals surface area contributed by atoms with Crippen LogP contribution >= 0.6 is 0 Å². The molecule has 0 amide bonds. The minimum atomic E-state index is -0.445. The molecule has 2 atom stereocenters. The van der Waals surface area contributed by atoms with Crippen LogP contribution in [0.4, 0.5) is 4.39 Å². The number of nitrogens with zero attached hydrogens (tertiary/aromatic N) is 1. The van der Waals surface area contributed by atoms with Crippen LogP contribution < -0.4 is 5.43 Å². The van der Waals surface area contributed by atoms with Crippen molar-refractivity contribution in [1.82, 2.24) is 9.88 Å². The van der Waals surface area contributed by atoms with Crippen molar-refractivity contribution in [3.8, 4) is 0 Å². The van der Waals surface area contributed by atoms with Crippen LogP contribution in [-0.4, -0.2) is 46.4 Å². The van der Waals surface area contributed by atoms with Crippen molar-refractivity contribution in [2.24, 2.45) is 11.8 Å². The van der Waals surface area contributed by atoms with Gasteiger partial charge in [0.15, 0.2) is 5.43 Å². The molecule has 3 N–H and O–H groups in total. The predicted octanol–water partition coefficient (Wildman–Crippen LogP) is 0.700. The van der Waals surface area contributed by atoms with E-state index in [0.717, 1.165) is 0 Å². The van der Waals surface area contributed by atoms with Gasteiger partial charge < -0.3 is 15.2 Å². The highest BCUT2D eigenvalue weighted by Crippen LogP contribution is 2.24. The Morgan fingerprint density at radius 1 is 1.23 bits per heavy atom. The molecule has 22 heavy (non-hydrogen) atoms. The summed E-state index contributed by atoms with van der Waals surface area (Å²) in [5.41, 5.74) is 0.652. The number of nitrogens with one attached hydrogen (secondary N) is 1. The number of aromatic nitrogens is 1. The third-order valence-electron chi connectivity index (χ3n) is 4.39. The summed E-state index contributed by atoms with van der Waals surface area (Å²) in [6.45, 7) is 1.83. The molecule has 0 unspecified atom stereocenters. The third-order valence-corrected chi connectivity index (χ3v) is 4.39. The number of fused-ring (bicyclic) bond motifs is 1. The molecule has 0 saturated carbocycles. The van der Waals surface area contributed by atoms with Crippen LogP contribution in [0.25, 0.3) is 10.9 Å². The molecular formula is C16H19FN2O3. The SMILES string of the molecule is O=c1cc(CN2C[C@H](CO)[C@@H](CO)C2)[nH]c2c(F)cccc12. The van der Waals surface area contributed by atoms with Crippen LogP contribution in [0.3, 0.4) is 0 Å². The number of aliphatic hydroxyl groups excluding tert-OH is 2. The molecule has 1 fully saturated rings. The molecule has 1 aromatic carbocycles. The summed E-state index contributed by atoms with van der Waals surface area (Å²) in [5, 5.41) is 19.0. The fourth-order valence-corrected chi connectivity index (χ4v) is 3.19. The van der Waals surface area contributed by atoms with Gasteiger partial charge in [0.1, 0.15) is 5.82 Å². The van der Waals surface area contributed by atoms with Gasteiger partial charge in [0, 0.05) is 61.8 Å². The Bertz CT molecular complexity index is 719. The highest BCUT2D eigenvalue weighted by molar-refractivity contribution is 5.78. The quantitative estimate of drug-likeness (QED) is 0.777. The normalized spacial score (nSPS) is 22.5. The van der Waals surface area contributed by atoms with Crippen LogP contribution in [0.1, 0.15) is 5.69 Å². The molecule has 0 aliphatic carbocycles. The number of aliphatic hydroxyl groups is 2. The molecular weight excluding hydrogens is 287 g/mol. The van der Waals surface area contributed by atoms with Crippen molar-refractivity contribution in [1.29, 1.82) is 0 Å². The zero-order valence-corrected chi connectivity index (χ0v) is 12.1. The maximum absolute atomic E-state index is 13.8. The second-order valence-corrected chi connectivity index (χ2v) is 5.90. The van der Waals surface area contributed by atoms with Gasteiger partial charge in [-0.05, 0) is 12.1 Å². The Kier molecular flexibility index (Phi) is 4.24. The largest absolute Gasteiger partial charge is 0.396 e. The van der Waals surface area contributed by atoms with E-state index in [9.17, 15) is 19.4 Å². The number of rotatable bonds is 4. The topological polar surface area (TPSA) is 76.6 Å². The molecule has 1 aliphatic heterocycles. The maximum Gasteiger partial charge on any atom is 0.189 e. The zero-order chi connectivity index (χ0) is 15.7. The minimum Gasteiger partial charge on any atom is -0.396 e. The van der Waals surface area contributed by atoms with Gasteiger partial charge in [0.25, 0.3) is 0 Å². The number of H-pyrrole nitrogens is 1. The molecule has 6 heteroatoms. The van der Waals surface area contributed by atoms with Gasteiger partial charge >= 0.3 is 0 Å². The second-order valence-electron chi connectivity index (χ2n) is 5.90. The lowest BCUT2D eigenvalue weighted by Crippen LogP contribution is -2.22. The first-order valence-electron chi connectivity index (χ1n) is 7.37. The lowest BCUT2D eigenvalue weighted by Gasteiger charge is -2.16. The van der Waals surface area contributed by atoms with E-state index in [1.165, 1.54) is 18.2 Å². The first-order valence-corrected chi connectivity index (χ1v) is 7.37. The van der Waals surface area contributed by atoms with E-state index in [-0.39, 0.29) is 36.0 Å². The molecule has 3 rings (SSSR count). The lowest BCUT2D eigenvalue weighted by atomic mass is 9.98. The lowest BCUT2D eigenvalue weighted by molar-refractivity contribution is 0.152. The van der Waals surface area contributed by atoms with Gasteiger partial charge in [-0.25, -0.2) is 4.39 Å². The number of pyridine rings is 1. The molecule has 5 nitrogen and oxygen atoms in total. The van der Waals surface area contributed by atoms with Gasteiger partial charge in [-0.2, -0.15) is 0 Å². The van der Waals surface area contributed by atoms with Crippen molar-refractivity contribution in [2.75, 3.05) is 26.3 Å². The molecule has 0 bridgehead atoms. The third kappa shape index (κ3) is 2.77. The Hall–Kier alpha value is -1.76. The van der Waals surface area contributed by atoms with Crippen LogP contribution in [0.2, 0.25) is 0 Å². The van der Waals surface area contributed by atoms with E-state index in [2.05, 4.69) is 9.88 Å². The smallest absolute Gasteiger partial charge is 0.189 e. The van der Waals surface area contributed by atoms with Gasteiger partial charge in [0.05, 0.1) is 5.52 Å². The van der Waals surface area contributed by atoms with Crippen molar-refractivity contribution in [3.63, 3.8) is 0 Å². The first kappa shape index (κ1) is 15.1. The Balaban J connectivity index is 1.86. The van der Waals surface area contributed by atoms with Gasteiger partial charge in [-0.1, -0.05) is 6.07 Å². The summed E-state index contributed by atoms with van der Waals surface area (Å²) in [5.74, 6) is -0.373. The second kappa shape index (κ2) is 6.16. The van der Waals surface area contributed by atoms with Crippen LogP contribution in [0, 0.1) is 17.7 Å². The molecule has 2 heterocycles. The average Bonchev–Trinajstić information content (AvgIpc) is 2.90. The Morgan fingerprint density at radius 3 is 2.55 bits per heavy atom. The first-order chi connectivity index (χ1) is 10.6. The number of para-hydroxylation sites is 1. The van der Waals surface area contributed by atoms with Gasteiger partial charge in [-0.15, -0.1) is 0 Å². The molecule has 2 aromatic rings. The fourth-order valence-electron chi connectivity index (χ4n) is 3.19. The number of hydrogen-bond donors (Lipinski definition) is 3. The highest BCUT2D eigenvalue weighted by atomic mass is 19.1. The standard InChI is InChI=1S/C16H19FN2O3/c17-14-3-1-2-13-15(22)4-12(18-16(13)14)7-19-5-10(8-20)11(6-19)9-21/h1-4,10-11,20-21H,5-9H2,(H,18,22)/t10-,11-/m1/s1. The molecule has 1 saturated heterocycles. The van der Waals surface area contributed by atoms with E-state index in [4.69, 9.17) is 0 Å². The van der Waals surface area contributed by atoms with Gasteiger partial charge in [0.2, 0.25) is 0 Å². The van der Waals surface area contributed by atoms with Crippen molar-refractivity contribution < 1.29 is 14.6 Å². The maximum atomic E-state index is 13.8. The summed E-state index contributed by atoms with van der Waals surface area (Å²) in [7, 11) is 0. The van der Waals surface area contributed by atoms with Crippen molar-refractivity contribution in [2.45, 2.75) is 6.54 Å². The monoisotopic (exact) mass is 306 g/mol. The van der Waals surface area contributed by atoms with Crippen LogP contribution in [0.15, 0.2) is 29.1 Å². The summed E-state index contributed by atoms with van der Waals surface area (Å²) >= 11 is 0. The van der Waals surface area contributed by atoms with Crippen LogP contribution in [0.5, 0.6) is 0 Å². The summed E-state index contributed by atoms with van der Waals surface area (Å²) in [6.07, 6.45) is 0. The molecule has 1 aromatic heterocycles. The molecule has 118 valence electrons. The minimum absolute atomic E-state index is 0.0323. The number of aromatic amines is 1. The number of likely N-dealkylation sites (tertiary alicyclic amines) is 1. The number of halogens is 1. The van der Waals surface area contributed by atoms with E-state index < -0.39 is 5.82 Å². The Labute approximate surface area is 127 Å². The molecule has 0 spiro atoms. The highest BCUT2D eigenvalue weighted by Gasteiger charge is 2.31. The van der Waals surface area contributed by atoms with E-state index >= 15 is 0 Å². The van der Waals surface area contributed by atoms with Crippen LogP contribution in [-0.2, 0) is 6.54 Å².